The summed E-state index contributed by atoms with van der Waals surface area (Å²) in [6.07, 6.45) is 2.96. The number of aliphatic imine (C=N–C) groups is 1. The van der Waals surface area contributed by atoms with Crippen LogP contribution in [0.1, 0.15) is 24.2 Å². The molecule has 1 aromatic heterocycles. The number of carbonyl (C=O) groups excluding carboxylic acids is 2. The van der Waals surface area contributed by atoms with Crippen molar-refractivity contribution in [2.45, 2.75) is 32.9 Å². The number of carbonyl (C=O) groups is 2. The Labute approximate surface area is 164 Å². The summed E-state index contributed by atoms with van der Waals surface area (Å²) in [4.78, 5) is 32.1. The van der Waals surface area contributed by atoms with Crippen molar-refractivity contribution in [1.29, 1.82) is 0 Å². The minimum absolute atomic E-state index is 0.253. The highest BCUT2D eigenvalue weighted by Gasteiger charge is 2.52. The lowest BCUT2D eigenvalue weighted by Crippen LogP contribution is -2.61. The largest absolute Gasteiger partial charge is 0.401 e. The molecule has 8 heteroatoms. The number of aryl methyl sites for hydroxylation is 2. The number of aromatic nitrogens is 2. The Hall–Kier alpha value is -3.16. The SMILES string of the molecule is CCc1ccc(NCCn2c(C)c[n+]3c2N=C2C3C(=O)N(C)C(=O)N2C)cc1. The second kappa shape index (κ2) is 6.78. The number of hydrogen-bond acceptors (Lipinski definition) is 4. The molecule has 3 heterocycles. The maximum Gasteiger partial charge on any atom is 0.401 e. The molecule has 0 bridgehead atoms. The number of anilines is 1. The lowest BCUT2D eigenvalue weighted by atomic mass is 10.1. The van der Waals surface area contributed by atoms with Crippen LogP contribution in [0.4, 0.5) is 16.4 Å². The topological polar surface area (TPSA) is 73.8 Å². The quantitative estimate of drug-likeness (QED) is 0.804. The van der Waals surface area contributed by atoms with E-state index in [1.54, 1.807) is 7.05 Å². The summed E-state index contributed by atoms with van der Waals surface area (Å²) in [5, 5.41) is 3.43. The molecular weight excluding hydrogens is 356 g/mol. The lowest BCUT2D eigenvalue weighted by Gasteiger charge is -2.30. The van der Waals surface area contributed by atoms with E-state index in [4.69, 9.17) is 0 Å². The van der Waals surface area contributed by atoms with Gasteiger partial charge in [0.05, 0.1) is 6.54 Å². The Morgan fingerprint density at radius 3 is 2.54 bits per heavy atom. The molecule has 1 aromatic carbocycles. The molecule has 1 fully saturated rings. The van der Waals surface area contributed by atoms with Gasteiger partial charge in [0.1, 0.15) is 11.9 Å². The fraction of sp³-hybridized carbons (Fsp3) is 0.400. The first-order valence-corrected chi connectivity index (χ1v) is 9.50. The van der Waals surface area contributed by atoms with Crippen molar-refractivity contribution >= 4 is 29.4 Å². The molecule has 0 spiro atoms. The molecule has 0 saturated carbocycles. The summed E-state index contributed by atoms with van der Waals surface area (Å²) in [5.41, 5.74) is 3.41. The van der Waals surface area contributed by atoms with E-state index in [0.29, 0.717) is 18.3 Å². The Morgan fingerprint density at radius 1 is 1.14 bits per heavy atom. The summed E-state index contributed by atoms with van der Waals surface area (Å²) < 4.78 is 3.94. The van der Waals surface area contributed by atoms with E-state index < -0.39 is 6.04 Å². The van der Waals surface area contributed by atoms with E-state index in [2.05, 4.69) is 46.1 Å². The number of amides is 3. The van der Waals surface area contributed by atoms with Crippen molar-refractivity contribution in [2.24, 2.45) is 4.99 Å². The second-order valence-electron chi connectivity index (χ2n) is 7.22. The molecule has 1 atom stereocenters. The van der Waals surface area contributed by atoms with Crippen molar-refractivity contribution in [2.75, 3.05) is 26.0 Å². The van der Waals surface area contributed by atoms with Crippen LogP contribution in [-0.4, -0.2) is 52.8 Å². The number of imide groups is 1. The zero-order chi connectivity index (χ0) is 20.0. The number of nitrogens with zero attached hydrogens (tertiary/aromatic N) is 5. The van der Waals surface area contributed by atoms with Crippen molar-refractivity contribution in [3.63, 3.8) is 0 Å². The summed E-state index contributed by atoms with van der Waals surface area (Å²) in [7, 11) is 3.16. The number of amidine groups is 1. The number of rotatable bonds is 5. The van der Waals surface area contributed by atoms with E-state index in [-0.39, 0.29) is 11.9 Å². The van der Waals surface area contributed by atoms with E-state index in [0.717, 1.165) is 29.2 Å². The van der Waals surface area contributed by atoms with E-state index >= 15 is 0 Å². The third-order valence-electron chi connectivity index (χ3n) is 5.47. The van der Waals surface area contributed by atoms with Gasteiger partial charge in [-0.25, -0.2) is 13.9 Å². The molecular formula is C20H25N6O2+. The van der Waals surface area contributed by atoms with Crippen LogP contribution in [0.2, 0.25) is 0 Å². The van der Waals surface area contributed by atoms with E-state index in [1.807, 2.05) is 17.7 Å². The number of nitrogens with one attached hydrogen (secondary N) is 1. The summed E-state index contributed by atoms with van der Waals surface area (Å²) in [5.74, 6) is 0.931. The highest BCUT2D eigenvalue weighted by molar-refractivity contribution is 6.18. The van der Waals surface area contributed by atoms with Crippen molar-refractivity contribution in [3.8, 4) is 0 Å². The third-order valence-corrected chi connectivity index (χ3v) is 5.47. The molecule has 0 aliphatic carbocycles. The zero-order valence-electron chi connectivity index (χ0n) is 16.6. The zero-order valence-corrected chi connectivity index (χ0v) is 16.6. The molecule has 2 aromatic rings. The van der Waals surface area contributed by atoms with Gasteiger partial charge in [0.15, 0.2) is 0 Å². The van der Waals surface area contributed by atoms with Gasteiger partial charge < -0.3 is 5.32 Å². The van der Waals surface area contributed by atoms with Crippen LogP contribution in [-0.2, 0) is 17.8 Å². The van der Waals surface area contributed by atoms with Crippen LogP contribution < -0.4 is 9.88 Å². The van der Waals surface area contributed by atoms with Crippen molar-refractivity contribution < 1.29 is 14.2 Å². The Balaban J connectivity index is 1.54. The molecule has 4 rings (SSSR count). The minimum Gasteiger partial charge on any atom is -0.382 e. The normalized spacial score (nSPS) is 18.3. The maximum absolute atomic E-state index is 12.7. The van der Waals surface area contributed by atoms with Gasteiger partial charge in [-0.15, -0.1) is 0 Å². The molecule has 1 unspecified atom stereocenters. The van der Waals surface area contributed by atoms with Crippen molar-refractivity contribution in [1.82, 2.24) is 14.4 Å². The highest BCUT2D eigenvalue weighted by atomic mass is 16.2. The first-order chi connectivity index (χ1) is 13.4. The van der Waals surface area contributed by atoms with Gasteiger partial charge in [-0.3, -0.25) is 14.6 Å². The first-order valence-electron chi connectivity index (χ1n) is 9.50. The second-order valence-corrected chi connectivity index (χ2v) is 7.22. The molecule has 146 valence electrons. The average Bonchev–Trinajstić information content (AvgIpc) is 3.21. The van der Waals surface area contributed by atoms with Crippen LogP contribution in [0.25, 0.3) is 0 Å². The van der Waals surface area contributed by atoms with E-state index in [9.17, 15) is 9.59 Å². The smallest absolute Gasteiger partial charge is 0.382 e. The number of likely N-dealkylation sites (N-methyl/N-ethyl adjacent to an activating group) is 2. The summed E-state index contributed by atoms with van der Waals surface area (Å²) in [6.45, 7) is 5.57. The number of fused-ring (bicyclic) bond motifs is 3. The van der Waals surface area contributed by atoms with Crippen LogP contribution in [0.3, 0.4) is 0 Å². The minimum atomic E-state index is -0.572. The lowest BCUT2D eigenvalue weighted by molar-refractivity contribution is -0.677. The summed E-state index contributed by atoms with van der Waals surface area (Å²) in [6, 6.07) is 7.50. The first kappa shape index (κ1) is 18.2. The molecule has 28 heavy (non-hydrogen) atoms. The van der Waals surface area contributed by atoms with Gasteiger partial charge in [0.2, 0.25) is 11.9 Å². The van der Waals surface area contributed by atoms with Gasteiger partial charge in [0, 0.05) is 26.3 Å². The number of urea groups is 1. The molecule has 1 saturated heterocycles. The van der Waals surface area contributed by atoms with Gasteiger partial charge >= 0.3 is 12.0 Å². The van der Waals surface area contributed by atoms with Gasteiger partial charge in [0.25, 0.3) is 5.91 Å². The van der Waals surface area contributed by atoms with Gasteiger partial charge in [-0.05, 0) is 31.0 Å². The molecule has 2 aliphatic heterocycles. The van der Waals surface area contributed by atoms with Gasteiger partial charge in [-0.2, -0.15) is 0 Å². The van der Waals surface area contributed by atoms with Crippen LogP contribution >= 0.6 is 0 Å². The van der Waals surface area contributed by atoms with Crippen LogP contribution in [0.5, 0.6) is 0 Å². The summed E-state index contributed by atoms with van der Waals surface area (Å²) >= 11 is 0. The average molecular weight is 381 g/mol. The van der Waals surface area contributed by atoms with E-state index in [1.165, 1.54) is 17.5 Å². The maximum atomic E-state index is 12.7. The highest BCUT2D eigenvalue weighted by Crippen LogP contribution is 2.28. The predicted molar refractivity (Wildman–Crippen MR) is 106 cm³/mol. The number of benzene rings is 1. The van der Waals surface area contributed by atoms with Gasteiger partial charge in [-0.1, -0.05) is 24.0 Å². The fourth-order valence-electron chi connectivity index (χ4n) is 3.76. The fourth-order valence-corrected chi connectivity index (χ4v) is 3.76. The van der Waals surface area contributed by atoms with Crippen LogP contribution in [0, 0.1) is 6.92 Å². The number of imidazole rings is 1. The molecule has 1 N–H and O–H groups in total. The standard InChI is InChI=1S/C20H25N6O2/c1-5-14-6-8-15(9-7-14)21-10-11-25-13(2)12-26-16-17(22-19(25)26)23(3)20(28)24(4)18(16)27/h6-9,12,16,21H,5,10-11H2,1-4H3/q+1. The molecule has 2 aliphatic rings. The molecule has 3 amide bonds. The Kier molecular flexibility index (Phi) is 4.41. The molecule has 0 radical (unpaired) electrons. The monoisotopic (exact) mass is 381 g/mol. The Morgan fingerprint density at radius 2 is 1.86 bits per heavy atom. The van der Waals surface area contributed by atoms with Crippen molar-refractivity contribution in [3.05, 3.63) is 41.7 Å². The van der Waals surface area contributed by atoms with Crippen LogP contribution in [0.15, 0.2) is 35.5 Å². The molecule has 8 nitrogen and oxygen atoms in total. The number of hydrogen-bond donors (Lipinski definition) is 1. The predicted octanol–water partition coefficient (Wildman–Crippen LogP) is 1.87. The Bertz CT molecular complexity index is 975. The third kappa shape index (κ3) is 2.76.